The van der Waals surface area contributed by atoms with Crippen LogP contribution in [0.2, 0.25) is 0 Å². The van der Waals surface area contributed by atoms with Crippen molar-refractivity contribution in [2.24, 2.45) is 5.73 Å². The maximum atomic E-state index is 6.17. The van der Waals surface area contributed by atoms with Gasteiger partial charge in [0.25, 0.3) is 0 Å². The Labute approximate surface area is 119 Å². The summed E-state index contributed by atoms with van der Waals surface area (Å²) in [7, 11) is 1.62. The molecule has 4 nitrogen and oxygen atoms in total. The predicted octanol–water partition coefficient (Wildman–Crippen LogP) is 3.45. The average Bonchev–Trinajstić information content (AvgIpc) is 2.90. The first kappa shape index (κ1) is 14.5. The summed E-state index contributed by atoms with van der Waals surface area (Å²) in [6.45, 7) is 3.93. The van der Waals surface area contributed by atoms with Crippen molar-refractivity contribution in [2.75, 3.05) is 7.11 Å². The summed E-state index contributed by atoms with van der Waals surface area (Å²) in [5, 5.41) is 0. The second-order valence-electron chi connectivity index (χ2n) is 4.71. The van der Waals surface area contributed by atoms with Gasteiger partial charge < -0.3 is 19.6 Å². The third kappa shape index (κ3) is 3.14. The predicted molar refractivity (Wildman–Crippen MR) is 78.1 cm³/mol. The molecule has 2 aromatic rings. The second kappa shape index (κ2) is 6.48. The fourth-order valence-electron chi connectivity index (χ4n) is 2.03. The number of hydrogen-bond acceptors (Lipinski definition) is 4. The molecule has 0 aliphatic rings. The number of rotatable bonds is 6. The van der Waals surface area contributed by atoms with Crippen LogP contribution in [0.15, 0.2) is 40.8 Å². The number of aryl methyl sites for hydroxylation is 1. The summed E-state index contributed by atoms with van der Waals surface area (Å²) in [5.41, 5.74) is 6.17. The molecule has 2 atom stereocenters. The fraction of sp³-hybridized carbons (Fsp3) is 0.375. The topological polar surface area (TPSA) is 57.6 Å². The molecule has 0 saturated carbocycles. The van der Waals surface area contributed by atoms with Gasteiger partial charge in [0.2, 0.25) is 0 Å². The summed E-state index contributed by atoms with van der Waals surface area (Å²) in [6.07, 6.45) is 0.463. The standard InChI is InChI=1S/C16H21NO3/c1-4-12(17)16(15-10-9-11(2)19-15)20-14-8-6-5-7-13(14)18-3/h5-10,12,16H,4,17H2,1-3H3. The monoisotopic (exact) mass is 275 g/mol. The van der Waals surface area contributed by atoms with Gasteiger partial charge in [-0.3, -0.25) is 0 Å². The van der Waals surface area contributed by atoms with E-state index in [1.807, 2.05) is 50.2 Å². The van der Waals surface area contributed by atoms with E-state index in [1.54, 1.807) is 7.11 Å². The zero-order chi connectivity index (χ0) is 14.5. The first-order valence-electron chi connectivity index (χ1n) is 6.77. The average molecular weight is 275 g/mol. The van der Waals surface area contributed by atoms with Crippen LogP contribution in [0.4, 0.5) is 0 Å². The van der Waals surface area contributed by atoms with Gasteiger partial charge in [0.1, 0.15) is 11.5 Å². The van der Waals surface area contributed by atoms with Crippen molar-refractivity contribution in [1.29, 1.82) is 0 Å². The van der Waals surface area contributed by atoms with Gasteiger partial charge in [-0.2, -0.15) is 0 Å². The molecule has 0 aliphatic heterocycles. The molecule has 0 radical (unpaired) electrons. The lowest BCUT2D eigenvalue weighted by Gasteiger charge is -2.23. The number of methoxy groups -OCH3 is 1. The number of benzene rings is 1. The Morgan fingerprint density at radius 3 is 2.40 bits per heavy atom. The first-order valence-corrected chi connectivity index (χ1v) is 6.77. The third-order valence-corrected chi connectivity index (χ3v) is 3.22. The minimum absolute atomic E-state index is 0.148. The van der Waals surface area contributed by atoms with Crippen LogP contribution in [0.5, 0.6) is 11.5 Å². The zero-order valence-corrected chi connectivity index (χ0v) is 12.1. The largest absolute Gasteiger partial charge is 0.493 e. The van der Waals surface area contributed by atoms with Crippen LogP contribution >= 0.6 is 0 Å². The number of hydrogen-bond donors (Lipinski definition) is 1. The van der Waals surface area contributed by atoms with Crippen molar-refractivity contribution in [1.82, 2.24) is 0 Å². The molecule has 0 amide bonds. The Morgan fingerprint density at radius 2 is 1.85 bits per heavy atom. The number of para-hydroxylation sites is 2. The highest BCUT2D eigenvalue weighted by molar-refractivity contribution is 5.39. The van der Waals surface area contributed by atoms with E-state index in [2.05, 4.69) is 0 Å². The summed E-state index contributed by atoms with van der Waals surface area (Å²) < 4.78 is 17.0. The maximum absolute atomic E-state index is 6.17. The summed E-state index contributed by atoms with van der Waals surface area (Å²) in [4.78, 5) is 0. The van der Waals surface area contributed by atoms with Crippen molar-refractivity contribution in [3.8, 4) is 11.5 Å². The van der Waals surface area contributed by atoms with Gasteiger partial charge in [-0.05, 0) is 37.6 Å². The highest BCUT2D eigenvalue weighted by atomic mass is 16.5. The molecule has 0 bridgehead atoms. The van der Waals surface area contributed by atoms with Crippen LogP contribution in [0, 0.1) is 6.92 Å². The van der Waals surface area contributed by atoms with E-state index < -0.39 is 0 Å². The molecule has 1 aromatic carbocycles. The molecule has 1 aromatic heterocycles. The maximum Gasteiger partial charge on any atom is 0.171 e. The van der Waals surface area contributed by atoms with Gasteiger partial charge >= 0.3 is 0 Å². The lowest BCUT2D eigenvalue weighted by atomic mass is 10.1. The summed E-state index contributed by atoms with van der Waals surface area (Å²) in [5.74, 6) is 2.93. The van der Waals surface area contributed by atoms with Crippen LogP contribution in [-0.4, -0.2) is 13.2 Å². The third-order valence-electron chi connectivity index (χ3n) is 3.22. The highest BCUT2D eigenvalue weighted by Gasteiger charge is 2.24. The molecular formula is C16H21NO3. The molecule has 2 N–H and O–H groups in total. The number of furan rings is 1. The van der Waals surface area contributed by atoms with E-state index in [0.29, 0.717) is 11.5 Å². The normalized spacial score (nSPS) is 13.8. The van der Waals surface area contributed by atoms with Gasteiger partial charge in [0.15, 0.2) is 17.6 Å². The lowest BCUT2D eigenvalue weighted by Crippen LogP contribution is -2.31. The molecule has 0 fully saturated rings. The Balaban J connectivity index is 2.28. The molecule has 0 spiro atoms. The van der Waals surface area contributed by atoms with Crippen molar-refractivity contribution in [3.05, 3.63) is 47.9 Å². The zero-order valence-electron chi connectivity index (χ0n) is 12.1. The minimum Gasteiger partial charge on any atom is -0.493 e. The van der Waals surface area contributed by atoms with E-state index in [0.717, 1.165) is 17.9 Å². The Morgan fingerprint density at radius 1 is 1.15 bits per heavy atom. The lowest BCUT2D eigenvalue weighted by molar-refractivity contribution is 0.138. The quantitative estimate of drug-likeness (QED) is 0.877. The molecule has 108 valence electrons. The molecule has 2 unspecified atom stereocenters. The minimum atomic E-state index is -0.329. The summed E-state index contributed by atoms with van der Waals surface area (Å²) in [6, 6.07) is 11.2. The van der Waals surface area contributed by atoms with Crippen molar-refractivity contribution in [2.45, 2.75) is 32.4 Å². The Hall–Kier alpha value is -1.94. The number of ether oxygens (including phenoxy) is 2. The fourth-order valence-corrected chi connectivity index (χ4v) is 2.03. The SMILES string of the molecule is CCC(N)C(Oc1ccccc1OC)c1ccc(C)o1. The van der Waals surface area contributed by atoms with Crippen LogP contribution < -0.4 is 15.2 Å². The van der Waals surface area contributed by atoms with E-state index in [-0.39, 0.29) is 12.1 Å². The molecule has 2 rings (SSSR count). The van der Waals surface area contributed by atoms with E-state index in [9.17, 15) is 0 Å². The van der Waals surface area contributed by atoms with Crippen LogP contribution in [0.25, 0.3) is 0 Å². The molecule has 0 saturated heterocycles. The Kier molecular flexibility index (Phi) is 4.69. The van der Waals surface area contributed by atoms with Gasteiger partial charge in [0, 0.05) is 6.04 Å². The van der Waals surface area contributed by atoms with E-state index in [4.69, 9.17) is 19.6 Å². The highest BCUT2D eigenvalue weighted by Crippen LogP contribution is 2.32. The van der Waals surface area contributed by atoms with Crippen molar-refractivity contribution in [3.63, 3.8) is 0 Å². The van der Waals surface area contributed by atoms with Crippen LogP contribution in [-0.2, 0) is 0 Å². The van der Waals surface area contributed by atoms with Crippen molar-refractivity contribution < 1.29 is 13.9 Å². The van der Waals surface area contributed by atoms with Crippen LogP contribution in [0.1, 0.15) is 31.0 Å². The van der Waals surface area contributed by atoms with Gasteiger partial charge in [-0.15, -0.1) is 0 Å². The summed E-state index contributed by atoms with van der Waals surface area (Å²) >= 11 is 0. The van der Waals surface area contributed by atoms with Gasteiger partial charge in [-0.1, -0.05) is 19.1 Å². The molecule has 0 aliphatic carbocycles. The van der Waals surface area contributed by atoms with Gasteiger partial charge in [0.05, 0.1) is 7.11 Å². The van der Waals surface area contributed by atoms with E-state index >= 15 is 0 Å². The molecule has 4 heteroatoms. The second-order valence-corrected chi connectivity index (χ2v) is 4.71. The molecular weight excluding hydrogens is 254 g/mol. The van der Waals surface area contributed by atoms with Crippen LogP contribution in [0.3, 0.4) is 0 Å². The van der Waals surface area contributed by atoms with Crippen molar-refractivity contribution >= 4 is 0 Å². The van der Waals surface area contributed by atoms with Gasteiger partial charge in [-0.25, -0.2) is 0 Å². The molecule has 20 heavy (non-hydrogen) atoms. The number of nitrogens with two attached hydrogens (primary N) is 1. The first-order chi connectivity index (χ1) is 9.65. The van der Waals surface area contributed by atoms with E-state index in [1.165, 1.54) is 0 Å². The molecule has 1 heterocycles. The smallest absolute Gasteiger partial charge is 0.171 e. The Bertz CT molecular complexity index is 550.